The average molecular weight is 445 g/mol. The number of rotatable bonds is 5. The van der Waals surface area contributed by atoms with Gasteiger partial charge in [0.15, 0.2) is 0 Å². The molecule has 0 bridgehead atoms. The molecule has 1 aliphatic carbocycles. The third kappa shape index (κ3) is 3.93. The number of nitrogens with one attached hydrogen (secondary N) is 2. The molecule has 0 unspecified atom stereocenters. The minimum Gasteiger partial charge on any atom is -0.370 e. The molecule has 33 heavy (non-hydrogen) atoms. The first-order chi connectivity index (χ1) is 16.1. The second-order valence-corrected chi connectivity index (χ2v) is 8.92. The van der Waals surface area contributed by atoms with Crippen molar-refractivity contribution in [3.63, 3.8) is 0 Å². The molecule has 7 heteroatoms. The molecule has 1 saturated heterocycles. The number of aromatic amines is 1. The van der Waals surface area contributed by atoms with Crippen LogP contribution in [0, 0.1) is 0 Å². The van der Waals surface area contributed by atoms with E-state index in [1.54, 1.807) is 19.3 Å². The van der Waals surface area contributed by atoms with Crippen LogP contribution in [0.15, 0.2) is 67.0 Å². The summed E-state index contributed by atoms with van der Waals surface area (Å²) in [5, 5.41) is 9.78. The van der Waals surface area contributed by atoms with Gasteiger partial charge in [0.25, 0.3) is 5.91 Å². The number of H-pyrrole nitrogens is 1. The summed E-state index contributed by atoms with van der Waals surface area (Å²) < 4.78 is 6.61. The van der Waals surface area contributed by atoms with Crippen LogP contribution in [0.2, 0.25) is 0 Å². The topological polar surface area (TPSA) is 87.3 Å². The van der Waals surface area contributed by atoms with Crippen LogP contribution in [0.3, 0.4) is 0 Å². The number of ether oxygens (including phenoxy) is 1. The number of carbonyl (C=O) groups excluding carboxylic acids is 2. The van der Waals surface area contributed by atoms with Crippen LogP contribution in [0.25, 0.3) is 0 Å². The maximum absolute atomic E-state index is 12.9. The van der Waals surface area contributed by atoms with Crippen LogP contribution < -0.4 is 5.32 Å². The zero-order chi connectivity index (χ0) is 22.8. The lowest BCUT2D eigenvalue weighted by Gasteiger charge is -2.44. The zero-order valence-corrected chi connectivity index (χ0v) is 18.7. The van der Waals surface area contributed by atoms with E-state index in [4.69, 9.17) is 4.74 Å². The average Bonchev–Trinajstić information content (AvgIpc) is 3.46. The normalized spacial score (nSPS) is 21.1. The Balaban J connectivity index is 1.45. The Bertz CT molecular complexity index is 1120. The van der Waals surface area contributed by atoms with Crippen LogP contribution in [0.1, 0.15) is 52.9 Å². The van der Waals surface area contributed by atoms with Crippen molar-refractivity contribution >= 4 is 11.8 Å². The van der Waals surface area contributed by atoms with E-state index in [-0.39, 0.29) is 29.4 Å². The molecular formula is C26H28N4O3. The number of aromatic nitrogens is 2. The summed E-state index contributed by atoms with van der Waals surface area (Å²) in [6.45, 7) is 3.26. The Kier molecular flexibility index (Phi) is 5.72. The fourth-order valence-corrected chi connectivity index (χ4v) is 5.46. The van der Waals surface area contributed by atoms with E-state index < -0.39 is 0 Å². The van der Waals surface area contributed by atoms with Crippen molar-refractivity contribution in [2.45, 2.75) is 43.9 Å². The number of carbonyl (C=O) groups is 2. The molecule has 7 nitrogen and oxygen atoms in total. The maximum Gasteiger partial charge on any atom is 0.257 e. The number of likely N-dealkylation sites (tertiary alicyclic amines) is 1. The molecule has 170 valence electrons. The van der Waals surface area contributed by atoms with E-state index in [1.807, 2.05) is 47.4 Å². The van der Waals surface area contributed by atoms with Gasteiger partial charge in [0.05, 0.1) is 30.5 Å². The summed E-state index contributed by atoms with van der Waals surface area (Å²) in [7, 11) is 0. The van der Waals surface area contributed by atoms with Crippen molar-refractivity contribution in [3.8, 4) is 0 Å². The summed E-state index contributed by atoms with van der Waals surface area (Å²) in [4.78, 5) is 26.9. The molecule has 2 amide bonds. The number of piperidine rings is 1. The molecule has 2 aromatic carbocycles. The largest absolute Gasteiger partial charge is 0.370 e. The van der Waals surface area contributed by atoms with Crippen LogP contribution >= 0.6 is 0 Å². The van der Waals surface area contributed by atoms with Gasteiger partial charge in [0, 0.05) is 31.6 Å². The van der Waals surface area contributed by atoms with Gasteiger partial charge in [-0.25, -0.2) is 0 Å². The fraction of sp³-hybridized carbons (Fsp3) is 0.346. The lowest BCUT2D eigenvalue weighted by atomic mass is 9.71. The number of nitrogens with zero attached hydrogens (tertiary/aromatic N) is 2. The van der Waals surface area contributed by atoms with Gasteiger partial charge in [-0.3, -0.25) is 14.7 Å². The summed E-state index contributed by atoms with van der Waals surface area (Å²) in [5.41, 5.74) is 3.73. The van der Waals surface area contributed by atoms with Crippen LogP contribution in [0.4, 0.5) is 0 Å². The molecule has 1 spiro atoms. The predicted molar refractivity (Wildman–Crippen MR) is 123 cm³/mol. The van der Waals surface area contributed by atoms with Gasteiger partial charge < -0.3 is 15.0 Å². The lowest BCUT2D eigenvalue weighted by molar-refractivity contribution is -0.122. The Morgan fingerprint density at radius 2 is 1.85 bits per heavy atom. The van der Waals surface area contributed by atoms with Crippen LogP contribution in [-0.2, 0) is 21.6 Å². The van der Waals surface area contributed by atoms with Crippen molar-refractivity contribution in [3.05, 3.63) is 89.2 Å². The molecule has 1 fully saturated rings. The third-order valence-corrected chi connectivity index (χ3v) is 7.00. The van der Waals surface area contributed by atoms with E-state index in [1.165, 1.54) is 5.56 Å². The molecule has 2 aliphatic rings. The van der Waals surface area contributed by atoms with Gasteiger partial charge in [-0.05, 0) is 29.5 Å². The first kappa shape index (κ1) is 21.4. The molecule has 2 atom stereocenters. The van der Waals surface area contributed by atoms with E-state index in [9.17, 15) is 9.59 Å². The summed E-state index contributed by atoms with van der Waals surface area (Å²) >= 11 is 0. The minimum absolute atomic E-state index is 0.00922. The number of amides is 2. The molecule has 1 aromatic heterocycles. The molecule has 0 radical (unpaired) electrons. The monoisotopic (exact) mass is 444 g/mol. The smallest absolute Gasteiger partial charge is 0.257 e. The summed E-state index contributed by atoms with van der Waals surface area (Å²) in [5.74, 6) is -0.0854. The fourth-order valence-electron chi connectivity index (χ4n) is 5.46. The molecule has 2 heterocycles. The highest BCUT2D eigenvalue weighted by Crippen LogP contribution is 2.52. The molecule has 5 rings (SSSR count). The Labute approximate surface area is 193 Å². The first-order valence-electron chi connectivity index (χ1n) is 11.4. The molecular weight excluding hydrogens is 416 g/mol. The van der Waals surface area contributed by atoms with Crippen molar-refractivity contribution in [2.24, 2.45) is 0 Å². The molecule has 1 aliphatic heterocycles. The van der Waals surface area contributed by atoms with E-state index in [2.05, 4.69) is 27.6 Å². The lowest BCUT2D eigenvalue weighted by Crippen LogP contribution is -2.51. The Morgan fingerprint density at radius 3 is 2.55 bits per heavy atom. The second-order valence-electron chi connectivity index (χ2n) is 8.92. The number of hydrogen-bond donors (Lipinski definition) is 2. The quantitative estimate of drug-likeness (QED) is 0.632. The van der Waals surface area contributed by atoms with Gasteiger partial charge in [0.1, 0.15) is 0 Å². The van der Waals surface area contributed by atoms with E-state index in [0.717, 1.165) is 24.0 Å². The third-order valence-electron chi connectivity index (χ3n) is 7.00. The van der Waals surface area contributed by atoms with Gasteiger partial charge in [0.2, 0.25) is 5.91 Å². The van der Waals surface area contributed by atoms with Crippen molar-refractivity contribution < 1.29 is 14.3 Å². The van der Waals surface area contributed by atoms with Crippen molar-refractivity contribution in [1.29, 1.82) is 0 Å². The highest BCUT2D eigenvalue weighted by molar-refractivity contribution is 5.93. The number of hydrogen-bond acceptors (Lipinski definition) is 4. The maximum atomic E-state index is 12.9. The minimum atomic E-state index is -0.272. The summed E-state index contributed by atoms with van der Waals surface area (Å²) in [6, 6.07) is 18.2. The van der Waals surface area contributed by atoms with Crippen LogP contribution in [0.5, 0.6) is 0 Å². The van der Waals surface area contributed by atoms with Crippen LogP contribution in [-0.4, -0.2) is 46.1 Å². The van der Waals surface area contributed by atoms with Gasteiger partial charge in [-0.15, -0.1) is 0 Å². The van der Waals surface area contributed by atoms with Gasteiger partial charge in [-0.1, -0.05) is 54.6 Å². The standard InChI is InChI=1S/C26H28N4O3/c1-18(31)29-23-21-9-5-6-10-22(21)26(24(23)33-17-19-7-3-2-4-8-19)11-13-30(14-12-26)25(32)20-15-27-28-16-20/h2-10,15-16,23-24H,11-14,17H2,1H3,(H,27,28)(H,29,31)/t23-,24+/m1/s1. The van der Waals surface area contributed by atoms with Gasteiger partial charge >= 0.3 is 0 Å². The van der Waals surface area contributed by atoms with E-state index >= 15 is 0 Å². The molecule has 2 N–H and O–H groups in total. The first-order valence-corrected chi connectivity index (χ1v) is 11.4. The van der Waals surface area contributed by atoms with Crippen molar-refractivity contribution in [2.75, 3.05) is 13.1 Å². The molecule has 0 saturated carbocycles. The van der Waals surface area contributed by atoms with E-state index in [0.29, 0.717) is 25.3 Å². The Morgan fingerprint density at radius 1 is 1.12 bits per heavy atom. The SMILES string of the molecule is CC(=O)N[C@@H]1c2ccccc2C2(CCN(C(=O)c3cn[nH]c3)CC2)[C@H]1OCc1ccccc1. The number of benzene rings is 2. The predicted octanol–water partition coefficient (Wildman–Crippen LogP) is 3.36. The van der Waals surface area contributed by atoms with Crippen molar-refractivity contribution in [1.82, 2.24) is 20.4 Å². The zero-order valence-electron chi connectivity index (χ0n) is 18.7. The summed E-state index contributed by atoms with van der Waals surface area (Å²) in [6.07, 6.45) is 4.52. The number of fused-ring (bicyclic) bond motifs is 2. The Hall–Kier alpha value is -3.45. The highest BCUT2D eigenvalue weighted by atomic mass is 16.5. The highest BCUT2D eigenvalue weighted by Gasteiger charge is 2.54. The van der Waals surface area contributed by atoms with Gasteiger partial charge in [-0.2, -0.15) is 5.10 Å². The second kappa shape index (κ2) is 8.83. The molecule has 3 aromatic rings.